The van der Waals surface area contributed by atoms with Crippen molar-refractivity contribution < 1.29 is 0 Å². The van der Waals surface area contributed by atoms with Crippen LogP contribution in [0.5, 0.6) is 0 Å². The van der Waals surface area contributed by atoms with E-state index in [9.17, 15) is 0 Å². The predicted molar refractivity (Wildman–Crippen MR) is 117 cm³/mol. The van der Waals surface area contributed by atoms with Crippen molar-refractivity contribution in [3.05, 3.63) is 60.9 Å². The Labute approximate surface area is 168 Å². The van der Waals surface area contributed by atoms with Crippen LogP contribution in [0.25, 0.3) is 32.0 Å². The summed E-state index contributed by atoms with van der Waals surface area (Å²) in [7, 11) is 0. The van der Waals surface area contributed by atoms with Crippen molar-refractivity contribution in [2.75, 3.05) is 18.0 Å². The fraction of sp³-hybridized carbons (Fsp3) is 0.261. The van der Waals surface area contributed by atoms with Crippen LogP contribution in [0.1, 0.15) is 25.7 Å². The number of anilines is 1. The Morgan fingerprint density at radius 2 is 1.54 bits per heavy atom. The van der Waals surface area contributed by atoms with Gasteiger partial charge in [0.25, 0.3) is 0 Å². The van der Waals surface area contributed by atoms with Crippen LogP contribution in [-0.2, 0) is 0 Å². The zero-order valence-corrected chi connectivity index (χ0v) is 16.5. The Morgan fingerprint density at radius 1 is 0.786 bits per heavy atom. The molecular weight excluding hydrogens is 364 g/mol. The van der Waals surface area contributed by atoms with E-state index in [-0.39, 0.29) is 0 Å². The number of hydrogen-bond acceptors (Lipinski definition) is 5. The number of rotatable bonds is 3. The minimum absolute atomic E-state index is 0.784. The highest BCUT2D eigenvalue weighted by molar-refractivity contribution is 7.22. The summed E-state index contributed by atoms with van der Waals surface area (Å²) in [4.78, 5) is 17.8. The molecule has 5 rings (SSSR count). The van der Waals surface area contributed by atoms with Crippen molar-refractivity contribution in [1.82, 2.24) is 15.0 Å². The third-order valence-electron chi connectivity index (χ3n) is 5.26. The molecule has 0 unspecified atom stereocenters. The zero-order valence-electron chi connectivity index (χ0n) is 15.7. The SMILES string of the molecule is c1ccc(-c2cc3nc(-c4ccncc4)nc(N4CCCCCC4)c3s2)cc1. The predicted octanol–water partition coefficient (Wildman–Crippen LogP) is 5.80. The van der Waals surface area contributed by atoms with Crippen molar-refractivity contribution >= 4 is 27.4 Å². The Balaban J connectivity index is 1.68. The van der Waals surface area contributed by atoms with Crippen LogP contribution >= 0.6 is 11.3 Å². The van der Waals surface area contributed by atoms with Crippen molar-refractivity contribution in [3.8, 4) is 21.8 Å². The van der Waals surface area contributed by atoms with Gasteiger partial charge in [0.1, 0.15) is 0 Å². The number of hydrogen-bond donors (Lipinski definition) is 0. The number of benzene rings is 1. The standard InChI is InChI=1S/C23H22N4S/c1-2-7-15-27(14-6-1)23-21-19(16-20(28-21)17-8-4-3-5-9-17)25-22(26-23)18-10-12-24-13-11-18/h3-5,8-13,16H,1-2,6-7,14-15H2. The fourth-order valence-electron chi connectivity index (χ4n) is 3.79. The van der Waals surface area contributed by atoms with Gasteiger partial charge in [-0.25, -0.2) is 9.97 Å². The molecule has 0 spiro atoms. The molecule has 4 nitrogen and oxygen atoms in total. The second kappa shape index (κ2) is 7.68. The van der Waals surface area contributed by atoms with Gasteiger partial charge in [-0.2, -0.15) is 0 Å². The first-order valence-electron chi connectivity index (χ1n) is 9.91. The van der Waals surface area contributed by atoms with Gasteiger partial charge in [0.05, 0.1) is 10.2 Å². The molecule has 3 aromatic heterocycles. The quantitative estimate of drug-likeness (QED) is 0.446. The summed E-state index contributed by atoms with van der Waals surface area (Å²) in [5, 5.41) is 0. The van der Waals surface area contributed by atoms with E-state index in [0.717, 1.165) is 35.8 Å². The molecule has 0 bridgehead atoms. The summed E-state index contributed by atoms with van der Waals surface area (Å²) in [6, 6.07) is 16.7. The lowest BCUT2D eigenvalue weighted by atomic mass is 10.2. The first-order chi connectivity index (χ1) is 13.9. The summed E-state index contributed by atoms with van der Waals surface area (Å²) >= 11 is 1.80. The van der Waals surface area contributed by atoms with Gasteiger partial charge < -0.3 is 4.90 Å². The van der Waals surface area contributed by atoms with Gasteiger partial charge in [0.15, 0.2) is 11.6 Å². The molecule has 0 atom stereocenters. The van der Waals surface area contributed by atoms with Gasteiger partial charge in [0, 0.05) is 35.9 Å². The van der Waals surface area contributed by atoms with Crippen LogP contribution in [0.3, 0.4) is 0 Å². The molecule has 28 heavy (non-hydrogen) atoms. The van der Waals surface area contributed by atoms with Crippen LogP contribution in [0.2, 0.25) is 0 Å². The fourth-order valence-corrected chi connectivity index (χ4v) is 4.91. The minimum atomic E-state index is 0.784. The van der Waals surface area contributed by atoms with Gasteiger partial charge in [-0.3, -0.25) is 4.98 Å². The van der Waals surface area contributed by atoms with Gasteiger partial charge in [-0.15, -0.1) is 11.3 Å². The average Bonchev–Trinajstić information content (AvgIpc) is 3.01. The summed E-state index contributed by atoms with van der Waals surface area (Å²) in [5.41, 5.74) is 3.28. The molecule has 0 amide bonds. The van der Waals surface area contributed by atoms with Gasteiger partial charge in [-0.05, 0) is 36.6 Å². The highest BCUT2D eigenvalue weighted by Crippen LogP contribution is 2.39. The largest absolute Gasteiger partial charge is 0.355 e. The molecule has 0 saturated carbocycles. The molecule has 1 aliphatic heterocycles. The summed E-state index contributed by atoms with van der Waals surface area (Å²) < 4.78 is 1.19. The molecule has 4 heterocycles. The van der Waals surface area contributed by atoms with Crippen LogP contribution < -0.4 is 4.90 Å². The second-order valence-corrected chi connectivity index (χ2v) is 8.25. The Bertz CT molecular complexity index is 1070. The molecule has 0 N–H and O–H groups in total. The third kappa shape index (κ3) is 3.38. The van der Waals surface area contributed by atoms with E-state index in [0.29, 0.717) is 0 Å². The van der Waals surface area contributed by atoms with Crippen LogP contribution in [0, 0.1) is 0 Å². The maximum atomic E-state index is 5.04. The van der Waals surface area contributed by atoms with E-state index in [1.54, 1.807) is 23.7 Å². The highest BCUT2D eigenvalue weighted by atomic mass is 32.1. The second-order valence-electron chi connectivity index (χ2n) is 7.20. The molecular formula is C23H22N4S. The molecule has 140 valence electrons. The lowest BCUT2D eigenvalue weighted by Crippen LogP contribution is -2.25. The Morgan fingerprint density at radius 3 is 2.29 bits per heavy atom. The monoisotopic (exact) mass is 386 g/mol. The number of nitrogens with zero attached hydrogens (tertiary/aromatic N) is 4. The molecule has 5 heteroatoms. The van der Waals surface area contributed by atoms with Crippen molar-refractivity contribution in [3.63, 3.8) is 0 Å². The summed E-state index contributed by atoms with van der Waals surface area (Å²) in [5.74, 6) is 1.87. The Kier molecular flexibility index (Phi) is 4.75. The molecule has 1 fully saturated rings. The van der Waals surface area contributed by atoms with Crippen molar-refractivity contribution in [2.24, 2.45) is 0 Å². The zero-order chi connectivity index (χ0) is 18.8. The van der Waals surface area contributed by atoms with Gasteiger partial charge >= 0.3 is 0 Å². The first kappa shape index (κ1) is 17.3. The number of thiophene rings is 1. The Hall–Kier alpha value is -2.79. The summed E-state index contributed by atoms with van der Waals surface area (Å²) in [6.45, 7) is 2.14. The molecule has 1 aromatic carbocycles. The summed E-state index contributed by atoms with van der Waals surface area (Å²) in [6.07, 6.45) is 8.68. The molecule has 0 aliphatic carbocycles. The molecule has 1 aliphatic rings. The molecule has 0 radical (unpaired) electrons. The number of aromatic nitrogens is 3. The van der Waals surface area contributed by atoms with Crippen molar-refractivity contribution in [1.29, 1.82) is 0 Å². The van der Waals surface area contributed by atoms with Crippen LogP contribution in [-0.4, -0.2) is 28.0 Å². The smallest absolute Gasteiger partial charge is 0.162 e. The minimum Gasteiger partial charge on any atom is -0.355 e. The first-order valence-corrected chi connectivity index (χ1v) is 10.7. The van der Waals surface area contributed by atoms with Crippen LogP contribution in [0.4, 0.5) is 5.82 Å². The molecule has 4 aromatic rings. The lowest BCUT2D eigenvalue weighted by Gasteiger charge is -2.22. The van der Waals surface area contributed by atoms with Gasteiger partial charge in [0.2, 0.25) is 0 Å². The number of pyridine rings is 1. The van der Waals surface area contributed by atoms with E-state index in [1.807, 2.05) is 12.1 Å². The van der Waals surface area contributed by atoms with Crippen LogP contribution in [0.15, 0.2) is 60.9 Å². The maximum Gasteiger partial charge on any atom is 0.162 e. The lowest BCUT2D eigenvalue weighted by molar-refractivity contribution is 0.726. The number of fused-ring (bicyclic) bond motifs is 1. The normalized spacial score (nSPS) is 14.9. The van der Waals surface area contributed by atoms with E-state index in [4.69, 9.17) is 9.97 Å². The average molecular weight is 387 g/mol. The van der Waals surface area contributed by atoms with Crippen molar-refractivity contribution in [2.45, 2.75) is 25.7 Å². The molecule has 1 saturated heterocycles. The third-order valence-corrected chi connectivity index (χ3v) is 6.43. The van der Waals surface area contributed by atoms with E-state index >= 15 is 0 Å². The van der Waals surface area contributed by atoms with E-state index in [1.165, 1.54) is 40.8 Å². The maximum absolute atomic E-state index is 5.04. The van der Waals surface area contributed by atoms with Gasteiger partial charge in [-0.1, -0.05) is 43.2 Å². The van der Waals surface area contributed by atoms with E-state index in [2.05, 4.69) is 46.3 Å². The van der Waals surface area contributed by atoms with E-state index < -0.39 is 0 Å². The highest BCUT2D eigenvalue weighted by Gasteiger charge is 2.19. The topological polar surface area (TPSA) is 41.9 Å².